The highest BCUT2D eigenvalue weighted by molar-refractivity contribution is 7.99. The number of carbonyl (C=O) groups excluding carboxylic acids is 1. The number of aromatic nitrogens is 4. The third kappa shape index (κ3) is 4.81. The van der Waals surface area contributed by atoms with Gasteiger partial charge in [0, 0.05) is 36.8 Å². The van der Waals surface area contributed by atoms with Gasteiger partial charge in [-0.3, -0.25) is 4.79 Å². The zero-order valence-corrected chi connectivity index (χ0v) is 19.3. The Morgan fingerprint density at radius 1 is 1.19 bits per heavy atom. The summed E-state index contributed by atoms with van der Waals surface area (Å²) in [6.07, 6.45) is 3.44. The number of hydrogen-bond donors (Lipinski definition) is 1. The molecule has 9 nitrogen and oxygen atoms in total. The van der Waals surface area contributed by atoms with Crippen LogP contribution in [0.15, 0.2) is 45.9 Å². The summed E-state index contributed by atoms with van der Waals surface area (Å²) in [6.45, 7) is 3.74. The fraction of sp³-hybridized carbons (Fsp3) is 0.368. The molecule has 2 aromatic heterocycles. The highest BCUT2D eigenvalue weighted by Gasteiger charge is 2.27. The number of amides is 1. The van der Waals surface area contributed by atoms with E-state index in [1.165, 1.54) is 27.4 Å². The van der Waals surface area contributed by atoms with Crippen LogP contribution < -0.4 is 5.32 Å². The number of sulfonamides is 1. The number of carbonyl (C=O) groups is 1. The average Bonchev–Trinajstić information content (AvgIpc) is 3.54. The van der Waals surface area contributed by atoms with E-state index in [2.05, 4.69) is 20.5 Å². The van der Waals surface area contributed by atoms with Crippen LogP contribution in [-0.2, 0) is 21.4 Å². The Labute approximate surface area is 189 Å². The van der Waals surface area contributed by atoms with Crippen LogP contribution in [0.5, 0.6) is 0 Å². The summed E-state index contributed by atoms with van der Waals surface area (Å²) in [5.74, 6) is 0.657. The minimum atomic E-state index is -3.45. The molecule has 1 aliphatic heterocycles. The zero-order valence-electron chi connectivity index (χ0n) is 16.9. The molecule has 0 bridgehead atoms. The second-order valence-electron chi connectivity index (χ2n) is 6.86. The third-order valence-corrected chi connectivity index (χ3v) is 8.43. The second-order valence-corrected chi connectivity index (χ2v) is 10.6. The van der Waals surface area contributed by atoms with E-state index < -0.39 is 10.0 Å². The van der Waals surface area contributed by atoms with E-state index in [0.29, 0.717) is 35.7 Å². The van der Waals surface area contributed by atoms with E-state index in [0.717, 1.165) is 18.4 Å². The standard InChI is InChI=1S/C19H22N6O3S3/c1-2-25-17(22-23-19(25)30-13-16(26)21-18-20-9-12-29-18)14-5-7-15(8-6-14)31(27,28)24-10-3-4-11-24/h5-9,12H,2-4,10-11,13H2,1H3,(H,20,21,26). The number of rotatable bonds is 8. The molecule has 31 heavy (non-hydrogen) atoms. The van der Waals surface area contributed by atoms with Crippen molar-refractivity contribution in [3.05, 3.63) is 35.8 Å². The molecule has 0 unspecified atom stereocenters. The SMILES string of the molecule is CCn1c(SCC(=O)Nc2nccs2)nnc1-c1ccc(S(=O)(=O)N2CCCC2)cc1. The predicted molar refractivity (Wildman–Crippen MR) is 121 cm³/mol. The van der Waals surface area contributed by atoms with Gasteiger partial charge in [0.2, 0.25) is 15.9 Å². The summed E-state index contributed by atoms with van der Waals surface area (Å²) < 4.78 is 28.9. The molecule has 12 heteroatoms. The highest BCUT2D eigenvalue weighted by Crippen LogP contribution is 2.27. The van der Waals surface area contributed by atoms with E-state index in [4.69, 9.17) is 0 Å². The van der Waals surface area contributed by atoms with Gasteiger partial charge >= 0.3 is 0 Å². The van der Waals surface area contributed by atoms with Crippen LogP contribution in [0.2, 0.25) is 0 Å². The van der Waals surface area contributed by atoms with Gasteiger partial charge in [-0.25, -0.2) is 13.4 Å². The number of nitrogens with zero attached hydrogens (tertiary/aromatic N) is 5. The van der Waals surface area contributed by atoms with E-state index in [1.807, 2.05) is 11.5 Å². The van der Waals surface area contributed by atoms with Crippen molar-refractivity contribution in [3.63, 3.8) is 0 Å². The third-order valence-electron chi connectivity index (χ3n) is 4.86. The van der Waals surface area contributed by atoms with E-state index >= 15 is 0 Å². The van der Waals surface area contributed by atoms with Gasteiger partial charge in [-0.05, 0) is 44.0 Å². The Kier molecular flexibility index (Phi) is 6.70. The van der Waals surface area contributed by atoms with Crippen molar-refractivity contribution in [2.75, 3.05) is 24.2 Å². The van der Waals surface area contributed by atoms with Crippen molar-refractivity contribution in [1.82, 2.24) is 24.1 Å². The molecule has 0 radical (unpaired) electrons. The molecule has 1 amide bonds. The number of hydrogen-bond acceptors (Lipinski definition) is 8. The molecule has 1 N–H and O–H groups in total. The van der Waals surface area contributed by atoms with Gasteiger partial charge in [-0.1, -0.05) is 11.8 Å². The average molecular weight is 479 g/mol. The van der Waals surface area contributed by atoms with Crippen LogP contribution in [-0.4, -0.2) is 57.2 Å². The predicted octanol–water partition coefficient (Wildman–Crippen LogP) is 2.94. The molecular weight excluding hydrogens is 456 g/mol. The maximum Gasteiger partial charge on any atom is 0.243 e. The molecule has 4 rings (SSSR count). The number of anilines is 1. The maximum atomic E-state index is 12.7. The molecule has 1 aliphatic rings. The van der Waals surface area contributed by atoms with Gasteiger partial charge in [-0.15, -0.1) is 21.5 Å². The van der Waals surface area contributed by atoms with Crippen molar-refractivity contribution in [3.8, 4) is 11.4 Å². The molecule has 1 aromatic carbocycles. The monoisotopic (exact) mass is 478 g/mol. The largest absolute Gasteiger partial charge is 0.302 e. The van der Waals surface area contributed by atoms with Crippen LogP contribution in [0, 0.1) is 0 Å². The first-order valence-corrected chi connectivity index (χ1v) is 13.2. The topological polar surface area (TPSA) is 110 Å². The van der Waals surface area contributed by atoms with Gasteiger partial charge in [0.25, 0.3) is 0 Å². The molecule has 1 fully saturated rings. The Morgan fingerprint density at radius 2 is 1.94 bits per heavy atom. The smallest absolute Gasteiger partial charge is 0.243 e. The van der Waals surface area contributed by atoms with E-state index in [1.54, 1.807) is 35.8 Å². The molecule has 0 saturated carbocycles. The lowest BCUT2D eigenvalue weighted by atomic mass is 10.2. The van der Waals surface area contributed by atoms with E-state index in [9.17, 15) is 13.2 Å². The normalized spacial score (nSPS) is 14.7. The van der Waals surface area contributed by atoms with Crippen molar-refractivity contribution < 1.29 is 13.2 Å². The van der Waals surface area contributed by atoms with Crippen LogP contribution in [0.4, 0.5) is 5.13 Å². The molecule has 1 saturated heterocycles. The van der Waals surface area contributed by atoms with Gasteiger partial charge in [0.15, 0.2) is 16.1 Å². The van der Waals surface area contributed by atoms with Crippen LogP contribution in [0.3, 0.4) is 0 Å². The first kappa shape index (κ1) is 21.9. The molecule has 3 aromatic rings. The summed E-state index contributed by atoms with van der Waals surface area (Å²) in [5, 5.41) is 14.2. The summed E-state index contributed by atoms with van der Waals surface area (Å²) in [4.78, 5) is 16.4. The fourth-order valence-corrected chi connectivity index (χ4v) is 6.18. The van der Waals surface area contributed by atoms with Crippen molar-refractivity contribution in [1.29, 1.82) is 0 Å². The number of nitrogens with one attached hydrogen (secondary N) is 1. The molecule has 164 valence electrons. The van der Waals surface area contributed by atoms with Crippen molar-refractivity contribution >= 4 is 44.2 Å². The first-order chi connectivity index (χ1) is 15.0. The minimum Gasteiger partial charge on any atom is -0.302 e. The molecule has 0 atom stereocenters. The molecule has 0 spiro atoms. The summed E-state index contributed by atoms with van der Waals surface area (Å²) in [7, 11) is -3.45. The number of benzene rings is 1. The summed E-state index contributed by atoms with van der Waals surface area (Å²) >= 11 is 2.65. The van der Waals surface area contributed by atoms with Gasteiger partial charge in [0.05, 0.1) is 10.6 Å². The van der Waals surface area contributed by atoms with E-state index in [-0.39, 0.29) is 16.6 Å². The van der Waals surface area contributed by atoms with Gasteiger partial charge in [0.1, 0.15) is 0 Å². The number of thioether (sulfide) groups is 1. The minimum absolute atomic E-state index is 0.163. The fourth-order valence-electron chi connectivity index (χ4n) is 3.32. The van der Waals surface area contributed by atoms with Crippen molar-refractivity contribution in [2.24, 2.45) is 0 Å². The Morgan fingerprint density at radius 3 is 2.58 bits per heavy atom. The Bertz CT molecular complexity index is 1140. The molecule has 3 heterocycles. The van der Waals surface area contributed by atoms with Crippen LogP contribution >= 0.6 is 23.1 Å². The quantitative estimate of drug-likeness (QED) is 0.496. The van der Waals surface area contributed by atoms with Gasteiger partial charge in [-0.2, -0.15) is 4.31 Å². The zero-order chi connectivity index (χ0) is 21.8. The summed E-state index contributed by atoms with van der Waals surface area (Å²) in [6, 6.07) is 6.74. The Balaban J connectivity index is 1.47. The summed E-state index contributed by atoms with van der Waals surface area (Å²) in [5.41, 5.74) is 0.772. The lowest BCUT2D eigenvalue weighted by Crippen LogP contribution is -2.27. The van der Waals surface area contributed by atoms with Crippen LogP contribution in [0.1, 0.15) is 19.8 Å². The molecule has 0 aliphatic carbocycles. The van der Waals surface area contributed by atoms with Crippen molar-refractivity contribution in [2.45, 2.75) is 36.4 Å². The lowest BCUT2D eigenvalue weighted by molar-refractivity contribution is -0.113. The van der Waals surface area contributed by atoms with Gasteiger partial charge < -0.3 is 9.88 Å². The maximum absolute atomic E-state index is 12.7. The molecular formula is C19H22N6O3S3. The highest BCUT2D eigenvalue weighted by atomic mass is 32.2. The Hall–Kier alpha value is -2.28. The second kappa shape index (κ2) is 9.47. The first-order valence-electron chi connectivity index (χ1n) is 9.85. The lowest BCUT2D eigenvalue weighted by Gasteiger charge is -2.15. The number of thiazole rings is 1. The van der Waals surface area contributed by atoms with Crippen LogP contribution in [0.25, 0.3) is 11.4 Å².